The molecule has 0 fully saturated rings. The van der Waals surface area contributed by atoms with Crippen molar-refractivity contribution in [2.24, 2.45) is 0 Å². The van der Waals surface area contributed by atoms with Crippen molar-refractivity contribution in [3.8, 4) is 11.5 Å². The average molecular weight is 676 g/mol. The molecule has 2 atom stereocenters. The third-order valence-corrected chi connectivity index (χ3v) is 8.28. The van der Waals surface area contributed by atoms with Crippen LogP contribution in [0.15, 0.2) is 109 Å². The summed E-state index contributed by atoms with van der Waals surface area (Å²) in [5.74, 6) is 1.80. The van der Waals surface area contributed by atoms with Gasteiger partial charge >= 0.3 is 0 Å². The van der Waals surface area contributed by atoms with Gasteiger partial charge in [-0.15, -0.1) is 0 Å². The minimum Gasteiger partial charge on any atom is -0.494 e. The highest BCUT2D eigenvalue weighted by Crippen LogP contribution is 2.29. The molecule has 0 saturated heterocycles. The molecule has 4 aromatic rings. The summed E-state index contributed by atoms with van der Waals surface area (Å²) in [6, 6.07) is 33.7. The molecule has 0 spiro atoms. The molecule has 0 aliphatic carbocycles. The van der Waals surface area contributed by atoms with E-state index in [1.54, 1.807) is 0 Å². The fourth-order valence-corrected chi connectivity index (χ4v) is 5.40. The molecule has 0 aliphatic rings. The zero-order valence-corrected chi connectivity index (χ0v) is 31.2. The van der Waals surface area contributed by atoms with E-state index >= 15 is 0 Å². The Labute approximate surface area is 301 Å². The van der Waals surface area contributed by atoms with E-state index in [9.17, 15) is 0 Å². The summed E-state index contributed by atoms with van der Waals surface area (Å²) >= 11 is 0. The first-order valence-electron chi connectivity index (χ1n) is 18.3. The lowest BCUT2D eigenvalue weighted by atomic mass is 10.1. The van der Waals surface area contributed by atoms with Crippen LogP contribution in [0.3, 0.4) is 0 Å². The number of nitrogens with zero attached hydrogens (tertiary/aromatic N) is 1. The van der Waals surface area contributed by atoms with Gasteiger partial charge in [-0.25, -0.2) is 0 Å². The van der Waals surface area contributed by atoms with Crippen LogP contribution in [0.4, 0.5) is 11.4 Å². The molecule has 0 N–H and O–H groups in total. The van der Waals surface area contributed by atoms with Gasteiger partial charge in [0.05, 0.1) is 25.4 Å². The number of hydrogen-bond acceptors (Lipinski definition) is 5. The lowest BCUT2D eigenvalue weighted by Crippen LogP contribution is -2.09. The van der Waals surface area contributed by atoms with Crippen LogP contribution in [0.25, 0.3) is 12.2 Å². The summed E-state index contributed by atoms with van der Waals surface area (Å²) in [7, 11) is 2.10. The van der Waals surface area contributed by atoms with Crippen LogP contribution in [-0.2, 0) is 9.47 Å². The molecule has 0 aliphatic heterocycles. The molecule has 0 radical (unpaired) electrons. The Morgan fingerprint density at radius 3 is 1.20 bits per heavy atom. The van der Waals surface area contributed by atoms with E-state index in [0.717, 1.165) is 84.0 Å². The molecule has 0 saturated carbocycles. The Morgan fingerprint density at radius 2 is 0.880 bits per heavy atom. The van der Waals surface area contributed by atoms with Crippen molar-refractivity contribution in [2.75, 3.05) is 25.2 Å². The second kappa shape index (κ2) is 20.4. The largest absolute Gasteiger partial charge is 0.494 e. The maximum absolute atomic E-state index is 6.26. The minimum atomic E-state index is -0.141. The zero-order valence-electron chi connectivity index (χ0n) is 31.2. The van der Waals surface area contributed by atoms with Gasteiger partial charge in [0.15, 0.2) is 0 Å². The average Bonchev–Trinajstić information content (AvgIpc) is 3.12. The van der Waals surface area contributed by atoms with Crippen LogP contribution in [0.5, 0.6) is 11.5 Å². The highest BCUT2D eigenvalue weighted by Gasteiger charge is 2.13. The third-order valence-electron chi connectivity index (χ3n) is 8.28. The maximum atomic E-state index is 6.26. The van der Waals surface area contributed by atoms with Crippen LogP contribution >= 0.6 is 0 Å². The van der Waals surface area contributed by atoms with E-state index in [1.807, 2.05) is 24.3 Å². The van der Waals surface area contributed by atoms with Crippen LogP contribution in [-0.4, -0.2) is 32.5 Å². The van der Waals surface area contributed by atoms with Crippen molar-refractivity contribution in [1.82, 2.24) is 0 Å². The molecule has 0 amide bonds. The second-order valence-electron chi connectivity index (χ2n) is 13.2. The summed E-state index contributed by atoms with van der Waals surface area (Å²) in [6.07, 6.45) is 12.8. The van der Waals surface area contributed by atoms with Crippen molar-refractivity contribution in [2.45, 2.75) is 91.6 Å². The minimum absolute atomic E-state index is 0.102. The van der Waals surface area contributed by atoms with Gasteiger partial charge < -0.3 is 23.8 Å². The first kappa shape index (κ1) is 38.5. The van der Waals surface area contributed by atoms with E-state index in [-0.39, 0.29) is 24.4 Å². The Kier molecular flexibility index (Phi) is 15.7. The van der Waals surface area contributed by atoms with E-state index < -0.39 is 0 Å². The monoisotopic (exact) mass is 675 g/mol. The molecule has 5 heteroatoms. The van der Waals surface area contributed by atoms with Crippen LogP contribution in [0.1, 0.15) is 102 Å². The van der Waals surface area contributed by atoms with Gasteiger partial charge in [-0.3, -0.25) is 0 Å². The normalized spacial score (nSPS) is 13.0. The highest BCUT2D eigenvalue weighted by molar-refractivity contribution is 5.66. The van der Waals surface area contributed by atoms with Crippen LogP contribution < -0.4 is 14.4 Å². The molecule has 266 valence electrons. The number of benzene rings is 4. The molecule has 0 heterocycles. The molecular weight excluding hydrogens is 618 g/mol. The number of anilines is 2. The van der Waals surface area contributed by atoms with Gasteiger partial charge in [0.25, 0.3) is 0 Å². The van der Waals surface area contributed by atoms with Gasteiger partial charge in [0.2, 0.25) is 0 Å². The number of hydrogen-bond donors (Lipinski definition) is 0. The Morgan fingerprint density at radius 1 is 0.520 bits per heavy atom. The summed E-state index contributed by atoms with van der Waals surface area (Å²) in [5.41, 5.74) is 6.69. The standard InChI is InChI=1S/C45H57NO4/c1-8-10-32-47-42-26-18-38(19-27-42)44(49-34(3)4)30-16-36-12-22-40(23-13-36)46(7)41-24-14-37(15-25-41)17-31-45(50-35(5)6)39-20-28-43(29-21-39)48-33-11-9-2/h12-31,34-35,44-45H,8-11,32-33H2,1-7H3. The lowest BCUT2D eigenvalue weighted by Gasteiger charge is -2.20. The quantitative estimate of drug-likeness (QED) is 0.0872. The predicted molar refractivity (Wildman–Crippen MR) is 211 cm³/mol. The fraction of sp³-hybridized carbons (Fsp3) is 0.378. The molecule has 2 unspecified atom stereocenters. The summed E-state index contributed by atoms with van der Waals surface area (Å²) in [4.78, 5) is 2.20. The maximum Gasteiger partial charge on any atom is 0.119 e. The van der Waals surface area contributed by atoms with E-state index in [4.69, 9.17) is 18.9 Å². The Hall–Kier alpha value is -4.32. The van der Waals surface area contributed by atoms with E-state index in [2.05, 4.69) is 151 Å². The van der Waals surface area contributed by atoms with Crippen molar-refractivity contribution in [1.29, 1.82) is 0 Å². The second-order valence-corrected chi connectivity index (χ2v) is 13.2. The number of ether oxygens (including phenoxy) is 4. The Bertz CT molecular complexity index is 1450. The Balaban J connectivity index is 1.38. The number of rotatable bonds is 20. The van der Waals surface area contributed by atoms with Crippen molar-refractivity contribution in [3.63, 3.8) is 0 Å². The first-order valence-corrected chi connectivity index (χ1v) is 18.3. The van der Waals surface area contributed by atoms with E-state index in [0.29, 0.717) is 0 Å². The molecule has 4 rings (SSSR count). The fourth-order valence-electron chi connectivity index (χ4n) is 5.40. The molecule has 0 bridgehead atoms. The topological polar surface area (TPSA) is 40.2 Å². The van der Waals surface area contributed by atoms with Gasteiger partial charge in [-0.2, -0.15) is 0 Å². The predicted octanol–water partition coefficient (Wildman–Crippen LogP) is 12.2. The smallest absolute Gasteiger partial charge is 0.119 e. The van der Waals surface area contributed by atoms with Crippen molar-refractivity contribution >= 4 is 23.5 Å². The lowest BCUT2D eigenvalue weighted by molar-refractivity contribution is 0.0350. The number of unbranched alkanes of at least 4 members (excludes halogenated alkanes) is 2. The zero-order chi connectivity index (χ0) is 35.7. The summed E-state index contributed by atoms with van der Waals surface area (Å²) in [6.45, 7) is 14.1. The molecule has 50 heavy (non-hydrogen) atoms. The SMILES string of the molecule is CCCCOc1ccc(C(C=Cc2ccc(N(C)c3ccc(C=CC(OC(C)C)c4ccc(OCCCC)cc4)cc3)cc2)OC(C)C)cc1. The van der Waals surface area contributed by atoms with Crippen molar-refractivity contribution in [3.05, 3.63) is 131 Å². The van der Waals surface area contributed by atoms with Crippen molar-refractivity contribution < 1.29 is 18.9 Å². The van der Waals surface area contributed by atoms with Gasteiger partial charge in [-0.1, -0.05) is 99.5 Å². The summed E-state index contributed by atoms with van der Waals surface area (Å²) in [5, 5.41) is 0. The molecular formula is C45H57NO4. The van der Waals surface area contributed by atoms with Crippen LogP contribution in [0.2, 0.25) is 0 Å². The van der Waals surface area contributed by atoms with E-state index in [1.165, 1.54) is 0 Å². The first-order chi connectivity index (χ1) is 24.2. The molecule has 5 nitrogen and oxygen atoms in total. The third kappa shape index (κ3) is 12.5. The molecule has 0 aromatic heterocycles. The van der Waals surface area contributed by atoms with Crippen LogP contribution in [0, 0.1) is 0 Å². The van der Waals surface area contributed by atoms with Gasteiger partial charge in [-0.05, 0) is 111 Å². The highest BCUT2D eigenvalue weighted by atomic mass is 16.5. The molecule has 4 aromatic carbocycles. The van der Waals surface area contributed by atoms with Gasteiger partial charge in [0.1, 0.15) is 23.7 Å². The van der Waals surface area contributed by atoms with Gasteiger partial charge in [0, 0.05) is 18.4 Å². The summed E-state index contributed by atoms with van der Waals surface area (Å²) < 4.78 is 24.2.